The molecule has 2 aromatic rings. The van der Waals surface area contributed by atoms with Gasteiger partial charge in [-0.15, -0.1) is 0 Å². The molecule has 2 aromatic carbocycles. The summed E-state index contributed by atoms with van der Waals surface area (Å²) in [6.07, 6.45) is 1.91. The fourth-order valence-electron chi connectivity index (χ4n) is 2.46. The molecule has 0 saturated heterocycles. The molecule has 26 heavy (non-hydrogen) atoms. The van der Waals surface area contributed by atoms with Gasteiger partial charge in [0.15, 0.2) is 11.6 Å². The maximum absolute atomic E-state index is 12.3. The van der Waals surface area contributed by atoms with Crippen molar-refractivity contribution >= 4 is 17.5 Å². The van der Waals surface area contributed by atoms with E-state index in [9.17, 15) is 14.4 Å². The fourth-order valence-corrected chi connectivity index (χ4v) is 2.46. The third-order valence-corrected chi connectivity index (χ3v) is 4.04. The summed E-state index contributed by atoms with van der Waals surface area (Å²) in [5.74, 6) is -0.190. The number of Topliss-reactive ketones (excluding diaryl/α,β-unsaturated/α-hetero) is 1. The lowest BCUT2D eigenvalue weighted by atomic mass is 10.0. The largest absolute Gasteiger partial charge is 0.352 e. The number of allylic oxidation sites excluding steroid dienone is 1. The van der Waals surface area contributed by atoms with E-state index in [-0.39, 0.29) is 17.5 Å². The monoisotopic (exact) mass is 349 g/mol. The quantitative estimate of drug-likeness (QED) is 0.423. The summed E-state index contributed by atoms with van der Waals surface area (Å²) in [6.45, 7) is 5.83. The van der Waals surface area contributed by atoms with Gasteiger partial charge in [0, 0.05) is 29.7 Å². The van der Waals surface area contributed by atoms with E-state index < -0.39 is 0 Å². The Morgan fingerprint density at radius 1 is 0.846 bits per heavy atom. The Morgan fingerprint density at radius 3 is 2.04 bits per heavy atom. The highest BCUT2D eigenvalue weighted by atomic mass is 16.1. The second kappa shape index (κ2) is 9.47. The minimum Gasteiger partial charge on any atom is -0.352 e. The van der Waals surface area contributed by atoms with Crippen LogP contribution in [-0.4, -0.2) is 24.0 Å². The number of benzene rings is 2. The van der Waals surface area contributed by atoms with E-state index in [1.807, 2.05) is 18.2 Å². The van der Waals surface area contributed by atoms with E-state index in [2.05, 4.69) is 11.9 Å². The van der Waals surface area contributed by atoms with Gasteiger partial charge in [0.2, 0.25) is 0 Å². The van der Waals surface area contributed by atoms with Gasteiger partial charge in [0.05, 0.1) is 0 Å². The molecule has 0 saturated carbocycles. The first-order valence-electron chi connectivity index (χ1n) is 8.66. The number of unbranched alkanes of at least 4 members (excludes halogenated alkanes) is 1. The van der Waals surface area contributed by atoms with Crippen molar-refractivity contribution in [3.63, 3.8) is 0 Å². The molecule has 0 bridgehead atoms. The summed E-state index contributed by atoms with van der Waals surface area (Å²) in [5, 5.41) is 2.82. The Kier molecular flexibility index (Phi) is 7.03. The van der Waals surface area contributed by atoms with E-state index >= 15 is 0 Å². The van der Waals surface area contributed by atoms with Crippen LogP contribution >= 0.6 is 0 Å². The molecule has 0 aliphatic heterocycles. The van der Waals surface area contributed by atoms with Gasteiger partial charge in [-0.05, 0) is 37.5 Å². The molecule has 0 aliphatic carbocycles. The summed E-state index contributed by atoms with van der Waals surface area (Å²) < 4.78 is 0. The van der Waals surface area contributed by atoms with Crippen molar-refractivity contribution < 1.29 is 14.4 Å². The normalized spacial score (nSPS) is 10.2. The lowest BCUT2D eigenvalue weighted by Gasteiger charge is -2.06. The average molecular weight is 349 g/mol. The zero-order valence-electron chi connectivity index (χ0n) is 15.0. The predicted molar refractivity (Wildman–Crippen MR) is 102 cm³/mol. The van der Waals surface area contributed by atoms with Crippen molar-refractivity contribution in [3.8, 4) is 0 Å². The third-order valence-electron chi connectivity index (χ3n) is 4.04. The zero-order chi connectivity index (χ0) is 18.9. The van der Waals surface area contributed by atoms with Crippen LogP contribution in [0.2, 0.25) is 0 Å². The lowest BCUT2D eigenvalue weighted by molar-refractivity contribution is -0.115. The lowest BCUT2D eigenvalue weighted by Crippen LogP contribution is -2.24. The van der Waals surface area contributed by atoms with Gasteiger partial charge < -0.3 is 5.32 Å². The number of amides is 1. The maximum Gasteiger partial charge on any atom is 0.251 e. The summed E-state index contributed by atoms with van der Waals surface area (Å²) >= 11 is 0. The molecule has 0 unspecified atom stereocenters. The maximum atomic E-state index is 12.3. The zero-order valence-corrected chi connectivity index (χ0v) is 15.0. The van der Waals surface area contributed by atoms with Gasteiger partial charge in [-0.3, -0.25) is 14.4 Å². The molecule has 0 heterocycles. The van der Waals surface area contributed by atoms with Crippen LogP contribution in [0.4, 0.5) is 0 Å². The first kappa shape index (κ1) is 19.3. The molecule has 0 aliphatic rings. The Hall–Kier alpha value is -3.01. The van der Waals surface area contributed by atoms with Crippen molar-refractivity contribution in [1.29, 1.82) is 0 Å². The fraction of sp³-hybridized carbons (Fsp3) is 0.227. The van der Waals surface area contributed by atoms with E-state index in [4.69, 9.17) is 0 Å². The minimum absolute atomic E-state index is 0.0648. The minimum atomic E-state index is -0.185. The molecule has 0 radical (unpaired) electrons. The highest BCUT2D eigenvalue weighted by Gasteiger charge is 2.10. The van der Waals surface area contributed by atoms with E-state index in [0.29, 0.717) is 35.2 Å². The van der Waals surface area contributed by atoms with Crippen molar-refractivity contribution in [3.05, 3.63) is 83.4 Å². The first-order chi connectivity index (χ1) is 12.5. The second-order valence-electron chi connectivity index (χ2n) is 6.19. The number of carbonyl (C=O) groups excluding carboxylic acids is 3. The number of carbonyl (C=O) groups is 3. The number of nitrogens with one attached hydrogen (secondary N) is 1. The Morgan fingerprint density at radius 2 is 1.42 bits per heavy atom. The van der Waals surface area contributed by atoms with Crippen LogP contribution in [-0.2, 0) is 4.79 Å². The van der Waals surface area contributed by atoms with Crippen molar-refractivity contribution in [2.45, 2.75) is 26.2 Å². The molecule has 2 rings (SSSR count). The third kappa shape index (κ3) is 5.52. The molecule has 0 aromatic heterocycles. The second-order valence-corrected chi connectivity index (χ2v) is 6.19. The average Bonchev–Trinajstić information content (AvgIpc) is 2.67. The highest BCUT2D eigenvalue weighted by molar-refractivity contribution is 6.09. The molecule has 0 atom stereocenters. The van der Waals surface area contributed by atoms with Gasteiger partial charge in [0.1, 0.15) is 0 Å². The van der Waals surface area contributed by atoms with Gasteiger partial charge in [-0.1, -0.05) is 49.0 Å². The number of ketones is 2. The van der Waals surface area contributed by atoms with Crippen molar-refractivity contribution in [2.75, 3.05) is 6.54 Å². The number of rotatable bonds is 9. The van der Waals surface area contributed by atoms with Crippen molar-refractivity contribution in [1.82, 2.24) is 5.32 Å². The van der Waals surface area contributed by atoms with Gasteiger partial charge in [0.25, 0.3) is 5.91 Å². The van der Waals surface area contributed by atoms with Gasteiger partial charge >= 0.3 is 0 Å². The van der Waals surface area contributed by atoms with Crippen LogP contribution in [0.1, 0.15) is 52.5 Å². The molecule has 1 amide bonds. The molecule has 0 spiro atoms. The van der Waals surface area contributed by atoms with Crippen LogP contribution in [0, 0.1) is 0 Å². The van der Waals surface area contributed by atoms with Crippen LogP contribution in [0.3, 0.4) is 0 Å². The van der Waals surface area contributed by atoms with Gasteiger partial charge in [-0.25, -0.2) is 0 Å². The Labute approximate surface area is 153 Å². The Bertz CT molecular complexity index is 792. The summed E-state index contributed by atoms with van der Waals surface area (Å²) in [6, 6.07) is 15.7. The molecular formula is C22H23NO3. The molecule has 1 N–H and O–H groups in total. The molecule has 0 fully saturated rings. The first-order valence-corrected chi connectivity index (χ1v) is 8.66. The van der Waals surface area contributed by atoms with E-state index in [1.165, 1.54) is 0 Å². The van der Waals surface area contributed by atoms with Crippen LogP contribution in [0.15, 0.2) is 66.7 Å². The smallest absolute Gasteiger partial charge is 0.251 e. The van der Waals surface area contributed by atoms with E-state index in [1.54, 1.807) is 43.3 Å². The predicted octanol–water partition coefficient (Wildman–Crippen LogP) is 3.96. The molecular weight excluding hydrogens is 326 g/mol. The van der Waals surface area contributed by atoms with E-state index in [0.717, 1.165) is 12.8 Å². The summed E-state index contributed by atoms with van der Waals surface area (Å²) in [5.41, 5.74) is 2.24. The highest BCUT2D eigenvalue weighted by Crippen LogP contribution is 2.11. The number of hydrogen-bond donors (Lipinski definition) is 1. The van der Waals surface area contributed by atoms with Crippen LogP contribution < -0.4 is 5.32 Å². The SMILES string of the molecule is C=C(C)C(=O)CCCCNC(=O)c1ccc(C(=O)c2ccccc2)cc1. The summed E-state index contributed by atoms with van der Waals surface area (Å²) in [4.78, 5) is 35.9. The van der Waals surface area contributed by atoms with Crippen LogP contribution in [0.25, 0.3) is 0 Å². The summed E-state index contributed by atoms with van der Waals surface area (Å²) in [7, 11) is 0. The standard InChI is InChI=1S/C22H23NO3/c1-16(2)20(24)10-6-7-15-23-22(26)19-13-11-18(12-14-19)21(25)17-8-4-3-5-9-17/h3-5,8-9,11-14H,1,6-7,10,15H2,2H3,(H,23,26). The molecule has 4 nitrogen and oxygen atoms in total. The van der Waals surface area contributed by atoms with Crippen molar-refractivity contribution in [2.24, 2.45) is 0 Å². The number of hydrogen-bond acceptors (Lipinski definition) is 3. The topological polar surface area (TPSA) is 63.2 Å². The Balaban J connectivity index is 1.82. The van der Waals surface area contributed by atoms with Crippen LogP contribution in [0.5, 0.6) is 0 Å². The van der Waals surface area contributed by atoms with Gasteiger partial charge in [-0.2, -0.15) is 0 Å². The molecule has 4 heteroatoms. The molecule has 134 valence electrons.